The van der Waals surface area contributed by atoms with Crippen LogP contribution >= 0.6 is 39.1 Å². The van der Waals surface area contributed by atoms with Crippen molar-refractivity contribution in [3.05, 3.63) is 45.0 Å². The fourth-order valence-corrected chi connectivity index (χ4v) is 3.37. The van der Waals surface area contributed by atoms with Crippen LogP contribution in [0, 0.1) is 0 Å². The van der Waals surface area contributed by atoms with Crippen LogP contribution in [-0.4, -0.2) is 13.4 Å². The largest absolute Gasteiger partial charge is 0.384 e. The third kappa shape index (κ3) is 3.17. The van der Waals surface area contributed by atoms with Crippen molar-refractivity contribution >= 4 is 60.7 Å². The number of hydrogen-bond acceptors (Lipinski definition) is 4. The van der Waals surface area contributed by atoms with Crippen molar-refractivity contribution in [2.24, 2.45) is 0 Å². The van der Waals surface area contributed by atoms with Crippen LogP contribution in [0.15, 0.2) is 39.8 Å². The van der Waals surface area contributed by atoms with Crippen LogP contribution in [0.2, 0.25) is 10.0 Å². The van der Waals surface area contributed by atoms with Crippen LogP contribution in [0.4, 0.5) is 11.5 Å². The molecule has 0 amide bonds. The normalized spacial score (nSPS) is 11.3. The first-order chi connectivity index (χ1) is 9.31. The molecule has 1 aromatic heterocycles. The van der Waals surface area contributed by atoms with Gasteiger partial charge < -0.3 is 5.73 Å². The second-order valence-electron chi connectivity index (χ2n) is 3.74. The molecule has 9 heteroatoms. The molecule has 1 heterocycles. The number of anilines is 2. The lowest BCUT2D eigenvalue weighted by Crippen LogP contribution is -2.13. The lowest BCUT2D eigenvalue weighted by molar-refractivity contribution is 0.601. The molecule has 1 aromatic carbocycles. The van der Waals surface area contributed by atoms with Crippen LogP contribution in [0.3, 0.4) is 0 Å². The van der Waals surface area contributed by atoms with Gasteiger partial charge in [0.2, 0.25) is 0 Å². The first-order valence-corrected chi connectivity index (χ1v) is 8.22. The maximum absolute atomic E-state index is 12.2. The Labute approximate surface area is 134 Å². The molecule has 0 radical (unpaired) electrons. The average Bonchev–Trinajstić information content (AvgIpc) is 2.39. The van der Waals surface area contributed by atoms with Crippen LogP contribution in [0.5, 0.6) is 0 Å². The quantitative estimate of drug-likeness (QED) is 0.777. The number of benzene rings is 1. The summed E-state index contributed by atoms with van der Waals surface area (Å²) in [5, 5.41) is 0.327. The van der Waals surface area contributed by atoms with E-state index in [0.29, 0.717) is 4.47 Å². The van der Waals surface area contributed by atoms with Gasteiger partial charge in [0.1, 0.15) is 5.82 Å². The van der Waals surface area contributed by atoms with E-state index in [-0.39, 0.29) is 26.4 Å². The number of nitrogens with zero attached hydrogens (tertiary/aromatic N) is 1. The van der Waals surface area contributed by atoms with Crippen molar-refractivity contribution in [2.45, 2.75) is 4.90 Å². The summed E-state index contributed by atoms with van der Waals surface area (Å²) < 4.78 is 27.3. The Kier molecular flexibility index (Phi) is 4.43. The van der Waals surface area contributed by atoms with Crippen molar-refractivity contribution in [2.75, 3.05) is 10.5 Å². The van der Waals surface area contributed by atoms with Gasteiger partial charge in [0.05, 0.1) is 20.6 Å². The summed E-state index contributed by atoms with van der Waals surface area (Å²) >= 11 is 15.1. The summed E-state index contributed by atoms with van der Waals surface area (Å²) in [6.45, 7) is 0. The number of nitrogens with one attached hydrogen (secondary N) is 1. The first kappa shape index (κ1) is 15.4. The number of aromatic nitrogens is 1. The maximum atomic E-state index is 12.2. The summed E-state index contributed by atoms with van der Waals surface area (Å²) in [6.07, 6.45) is 1.31. The molecule has 0 saturated carbocycles. The molecule has 0 spiro atoms. The van der Waals surface area contributed by atoms with Gasteiger partial charge in [-0.2, -0.15) is 0 Å². The third-order valence-corrected chi connectivity index (χ3v) is 5.48. The number of rotatable bonds is 3. The number of sulfonamides is 1. The number of nitrogen functional groups attached to an aromatic ring is 1. The van der Waals surface area contributed by atoms with Gasteiger partial charge in [-0.05, 0) is 34.1 Å². The van der Waals surface area contributed by atoms with Gasteiger partial charge >= 0.3 is 0 Å². The molecule has 0 bridgehead atoms. The van der Waals surface area contributed by atoms with Crippen LogP contribution in [-0.2, 0) is 10.0 Å². The zero-order valence-corrected chi connectivity index (χ0v) is 13.7. The van der Waals surface area contributed by atoms with Crippen molar-refractivity contribution in [3.63, 3.8) is 0 Å². The molecule has 5 nitrogen and oxygen atoms in total. The van der Waals surface area contributed by atoms with Crippen molar-refractivity contribution in [1.29, 1.82) is 0 Å². The molecule has 0 aliphatic heterocycles. The van der Waals surface area contributed by atoms with E-state index in [1.807, 2.05) is 0 Å². The third-order valence-electron chi connectivity index (χ3n) is 2.34. The minimum atomic E-state index is -3.82. The topological polar surface area (TPSA) is 85.1 Å². The number of halogens is 3. The Bertz CT molecular complexity index is 768. The van der Waals surface area contributed by atoms with Crippen molar-refractivity contribution in [3.8, 4) is 0 Å². The van der Waals surface area contributed by atoms with Gasteiger partial charge in [0.25, 0.3) is 10.0 Å². The Morgan fingerprint density at radius 3 is 2.55 bits per heavy atom. The Morgan fingerprint density at radius 2 is 1.90 bits per heavy atom. The maximum Gasteiger partial charge on any atom is 0.262 e. The highest BCUT2D eigenvalue weighted by Crippen LogP contribution is 2.36. The van der Waals surface area contributed by atoms with Gasteiger partial charge in [0.15, 0.2) is 0 Å². The van der Waals surface area contributed by atoms with E-state index >= 15 is 0 Å². The summed E-state index contributed by atoms with van der Waals surface area (Å²) in [7, 11) is -3.82. The highest BCUT2D eigenvalue weighted by atomic mass is 79.9. The number of hydrogen-bond donors (Lipinski definition) is 2. The van der Waals surface area contributed by atoms with Crippen molar-refractivity contribution in [1.82, 2.24) is 4.98 Å². The molecule has 3 N–H and O–H groups in total. The van der Waals surface area contributed by atoms with Gasteiger partial charge in [-0.25, -0.2) is 13.4 Å². The minimum absolute atomic E-state index is 0.0138. The first-order valence-electron chi connectivity index (χ1n) is 5.19. The monoisotopic (exact) mass is 395 g/mol. The number of pyridine rings is 1. The molecule has 2 aromatic rings. The summed E-state index contributed by atoms with van der Waals surface area (Å²) in [4.78, 5) is 3.72. The van der Waals surface area contributed by atoms with Crippen LogP contribution in [0.25, 0.3) is 0 Å². The molecule has 20 heavy (non-hydrogen) atoms. The van der Waals surface area contributed by atoms with Gasteiger partial charge in [-0.1, -0.05) is 23.2 Å². The van der Waals surface area contributed by atoms with Crippen molar-refractivity contribution < 1.29 is 8.42 Å². The van der Waals surface area contributed by atoms with E-state index < -0.39 is 10.0 Å². The molecule has 0 saturated heterocycles. The molecule has 0 aliphatic carbocycles. The lowest BCUT2D eigenvalue weighted by atomic mass is 10.3. The average molecular weight is 397 g/mol. The van der Waals surface area contributed by atoms with E-state index in [1.54, 1.807) is 6.07 Å². The second-order valence-corrected chi connectivity index (χ2v) is 7.04. The molecule has 2 rings (SSSR count). The summed E-state index contributed by atoms with van der Waals surface area (Å²) in [5.74, 6) is 0.104. The zero-order chi connectivity index (χ0) is 14.9. The molecule has 0 fully saturated rings. The van der Waals surface area contributed by atoms with E-state index in [1.165, 1.54) is 24.4 Å². The molecular formula is C11H8BrCl2N3O2S. The zero-order valence-electron chi connectivity index (χ0n) is 9.77. The van der Waals surface area contributed by atoms with Gasteiger partial charge in [-0.3, -0.25) is 4.72 Å². The Morgan fingerprint density at radius 1 is 1.20 bits per heavy atom. The van der Waals surface area contributed by atoms with Gasteiger partial charge in [-0.15, -0.1) is 0 Å². The van der Waals surface area contributed by atoms with E-state index in [2.05, 4.69) is 25.6 Å². The van der Waals surface area contributed by atoms with E-state index in [9.17, 15) is 8.42 Å². The highest BCUT2D eigenvalue weighted by molar-refractivity contribution is 9.10. The van der Waals surface area contributed by atoms with Crippen LogP contribution in [0.1, 0.15) is 0 Å². The minimum Gasteiger partial charge on any atom is -0.384 e. The molecule has 0 atom stereocenters. The van der Waals surface area contributed by atoms with E-state index in [0.717, 1.165) is 0 Å². The molecule has 0 unspecified atom stereocenters. The molecule has 0 aliphatic rings. The highest BCUT2D eigenvalue weighted by Gasteiger charge is 2.18. The smallest absolute Gasteiger partial charge is 0.262 e. The fourth-order valence-electron chi connectivity index (χ4n) is 1.40. The SMILES string of the molecule is Nc1cc(S(=O)(=O)Nc2ccc(Br)c(Cl)c2Cl)ccn1. The molecule has 106 valence electrons. The standard InChI is InChI=1S/C11H8BrCl2N3O2S/c12-7-1-2-8(11(14)10(7)13)17-20(18,19)6-3-4-16-9(15)5-6/h1-5,17H,(H2,15,16). The Hall–Kier alpha value is -1.02. The second kappa shape index (κ2) is 5.77. The van der Waals surface area contributed by atoms with Crippen LogP contribution < -0.4 is 10.5 Å². The summed E-state index contributed by atoms with van der Waals surface area (Å²) in [6, 6.07) is 5.66. The summed E-state index contributed by atoms with van der Waals surface area (Å²) in [5.41, 5.74) is 5.64. The molecular weight excluding hydrogens is 389 g/mol. The fraction of sp³-hybridized carbons (Fsp3) is 0. The van der Waals surface area contributed by atoms with E-state index in [4.69, 9.17) is 28.9 Å². The lowest BCUT2D eigenvalue weighted by Gasteiger charge is -2.11. The predicted octanol–water partition coefficient (Wildman–Crippen LogP) is 3.53. The predicted molar refractivity (Wildman–Crippen MR) is 83.6 cm³/mol. The van der Waals surface area contributed by atoms with Gasteiger partial charge in [0, 0.05) is 16.7 Å². The Balaban J connectivity index is 2.41. The number of nitrogens with two attached hydrogens (primary N) is 1.